The van der Waals surface area contributed by atoms with E-state index in [4.69, 9.17) is 9.72 Å². The number of aromatic nitrogens is 2. The Morgan fingerprint density at radius 2 is 1.93 bits per heavy atom. The molecule has 1 fully saturated rings. The van der Waals surface area contributed by atoms with Crippen molar-refractivity contribution in [1.82, 2.24) is 14.5 Å². The standard InChI is InChI=1S/C23H29N5O2/c1-17-4-7-21(24-22(17)28-12-10-27(11-13-28)14-15-30-3)25-23(29)19-5-6-20-18(16-19)8-9-26(20)2/h4-9,16H,10-15H2,1-3H3,(H,24,25,29). The Kier molecular flexibility index (Phi) is 6.01. The molecule has 1 amide bonds. The van der Waals surface area contributed by atoms with Gasteiger partial charge >= 0.3 is 0 Å². The quantitative estimate of drug-likeness (QED) is 0.681. The first-order valence-corrected chi connectivity index (χ1v) is 10.4. The van der Waals surface area contributed by atoms with Crippen molar-refractivity contribution in [2.75, 3.05) is 56.7 Å². The maximum Gasteiger partial charge on any atom is 0.256 e. The molecule has 1 N–H and O–H groups in total. The van der Waals surface area contributed by atoms with E-state index in [2.05, 4.69) is 22.0 Å². The Hall–Kier alpha value is -2.90. The molecule has 0 spiro atoms. The Morgan fingerprint density at radius 1 is 1.13 bits per heavy atom. The minimum absolute atomic E-state index is 0.146. The van der Waals surface area contributed by atoms with Gasteiger partial charge in [-0.15, -0.1) is 0 Å². The van der Waals surface area contributed by atoms with Crippen molar-refractivity contribution < 1.29 is 9.53 Å². The van der Waals surface area contributed by atoms with Crippen molar-refractivity contribution in [2.45, 2.75) is 6.92 Å². The largest absolute Gasteiger partial charge is 0.383 e. The molecule has 7 nitrogen and oxygen atoms in total. The molecule has 0 saturated carbocycles. The molecule has 30 heavy (non-hydrogen) atoms. The van der Waals surface area contributed by atoms with Gasteiger partial charge < -0.3 is 19.5 Å². The van der Waals surface area contributed by atoms with Crippen LogP contribution in [0.15, 0.2) is 42.6 Å². The molecule has 7 heteroatoms. The molecule has 1 aromatic carbocycles. The van der Waals surface area contributed by atoms with E-state index in [1.807, 2.05) is 54.2 Å². The average molecular weight is 408 g/mol. The maximum absolute atomic E-state index is 12.8. The summed E-state index contributed by atoms with van der Waals surface area (Å²) in [6.07, 6.45) is 2.00. The van der Waals surface area contributed by atoms with Gasteiger partial charge in [-0.3, -0.25) is 9.69 Å². The number of piperazine rings is 1. The van der Waals surface area contributed by atoms with E-state index in [0.717, 1.165) is 61.6 Å². The van der Waals surface area contributed by atoms with E-state index in [-0.39, 0.29) is 5.91 Å². The normalized spacial score (nSPS) is 15.0. The van der Waals surface area contributed by atoms with Crippen LogP contribution in [-0.2, 0) is 11.8 Å². The Labute approximate surface area is 177 Å². The number of ether oxygens (including phenoxy) is 1. The highest BCUT2D eigenvalue weighted by molar-refractivity contribution is 6.06. The van der Waals surface area contributed by atoms with Crippen molar-refractivity contribution in [3.05, 3.63) is 53.7 Å². The molecule has 3 aromatic rings. The molecular formula is C23H29N5O2. The summed E-state index contributed by atoms with van der Waals surface area (Å²) in [7, 11) is 3.73. The van der Waals surface area contributed by atoms with Gasteiger partial charge in [-0.1, -0.05) is 6.07 Å². The van der Waals surface area contributed by atoms with Gasteiger partial charge in [-0.2, -0.15) is 0 Å². The summed E-state index contributed by atoms with van der Waals surface area (Å²) >= 11 is 0. The topological polar surface area (TPSA) is 62.6 Å². The molecule has 1 saturated heterocycles. The molecule has 0 aliphatic carbocycles. The van der Waals surface area contributed by atoms with Crippen molar-refractivity contribution in [1.29, 1.82) is 0 Å². The zero-order chi connectivity index (χ0) is 21.1. The molecule has 1 aliphatic rings. The van der Waals surface area contributed by atoms with Crippen molar-refractivity contribution in [3.63, 3.8) is 0 Å². The van der Waals surface area contributed by atoms with Crippen molar-refractivity contribution in [2.24, 2.45) is 7.05 Å². The molecule has 4 rings (SSSR count). The highest BCUT2D eigenvalue weighted by Crippen LogP contribution is 2.22. The number of nitrogens with one attached hydrogen (secondary N) is 1. The van der Waals surface area contributed by atoms with Gasteiger partial charge in [-0.25, -0.2) is 4.98 Å². The summed E-state index contributed by atoms with van der Waals surface area (Å²) in [5, 5.41) is 4.01. The number of carbonyl (C=O) groups is 1. The zero-order valence-corrected chi connectivity index (χ0v) is 17.9. The summed E-state index contributed by atoms with van der Waals surface area (Å²) in [4.78, 5) is 22.3. The van der Waals surface area contributed by atoms with Crippen LogP contribution in [0.2, 0.25) is 0 Å². The molecule has 0 atom stereocenters. The highest BCUT2D eigenvalue weighted by atomic mass is 16.5. The van der Waals surface area contributed by atoms with Crippen LogP contribution < -0.4 is 10.2 Å². The van der Waals surface area contributed by atoms with Gasteiger partial charge in [0.15, 0.2) is 0 Å². The number of nitrogens with zero attached hydrogens (tertiary/aromatic N) is 4. The average Bonchev–Trinajstić information content (AvgIpc) is 3.14. The predicted molar refractivity (Wildman–Crippen MR) is 120 cm³/mol. The molecule has 0 radical (unpaired) electrons. The van der Waals surface area contributed by atoms with Crippen LogP contribution in [-0.4, -0.2) is 66.8 Å². The second-order valence-corrected chi connectivity index (χ2v) is 7.81. The third kappa shape index (κ3) is 4.32. The number of fused-ring (bicyclic) bond motifs is 1. The van der Waals surface area contributed by atoms with Crippen LogP contribution in [0.1, 0.15) is 15.9 Å². The van der Waals surface area contributed by atoms with Crippen LogP contribution in [0, 0.1) is 6.92 Å². The number of anilines is 2. The van der Waals surface area contributed by atoms with Gasteiger partial charge in [0.25, 0.3) is 5.91 Å². The van der Waals surface area contributed by atoms with Gasteiger partial charge in [0.1, 0.15) is 11.6 Å². The smallest absolute Gasteiger partial charge is 0.256 e. The first-order chi connectivity index (χ1) is 14.5. The highest BCUT2D eigenvalue weighted by Gasteiger charge is 2.20. The van der Waals surface area contributed by atoms with Crippen LogP contribution in [0.25, 0.3) is 10.9 Å². The fourth-order valence-corrected chi connectivity index (χ4v) is 3.92. The summed E-state index contributed by atoms with van der Waals surface area (Å²) in [5.41, 5.74) is 2.85. The third-order valence-corrected chi connectivity index (χ3v) is 5.74. The van der Waals surface area contributed by atoms with E-state index in [1.54, 1.807) is 7.11 Å². The molecule has 158 valence electrons. The molecule has 2 aromatic heterocycles. The number of pyridine rings is 1. The van der Waals surface area contributed by atoms with Crippen LogP contribution in [0.5, 0.6) is 0 Å². The Morgan fingerprint density at radius 3 is 2.70 bits per heavy atom. The van der Waals surface area contributed by atoms with E-state index in [1.165, 1.54) is 0 Å². The molecule has 0 bridgehead atoms. The lowest BCUT2D eigenvalue weighted by Gasteiger charge is -2.36. The number of hydrogen-bond acceptors (Lipinski definition) is 5. The minimum atomic E-state index is -0.146. The van der Waals surface area contributed by atoms with Crippen LogP contribution in [0.3, 0.4) is 0 Å². The fraction of sp³-hybridized carbons (Fsp3) is 0.391. The van der Waals surface area contributed by atoms with Crippen molar-refractivity contribution in [3.8, 4) is 0 Å². The number of amides is 1. The number of rotatable bonds is 6. The van der Waals surface area contributed by atoms with Crippen molar-refractivity contribution >= 4 is 28.4 Å². The molecule has 0 unspecified atom stereocenters. The third-order valence-electron chi connectivity index (χ3n) is 5.74. The Bertz CT molecular complexity index is 1040. The summed E-state index contributed by atoms with van der Waals surface area (Å²) in [5.74, 6) is 1.38. The minimum Gasteiger partial charge on any atom is -0.383 e. The number of methoxy groups -OCH3 is 1. The SMILES string of the molecule is COCCN1CCN(c2nc(NC(=O)c3ccc4c(ccn4C)c3)ccc2C)CC1. The van der Waals surface area contributed by atoms with Crippen LogP contribution in [0.4, 0.5) is 11.6 Å². The van der Waals surface area contributed by atoms with E-state index >= 15 is 0 Å². The lowest BCUT2D eigenvalue weighted by molar-refractivity contribution is 0.102. The fourth-order valence-electron chi connectivity index (χ4n) is 3.92. The monoisotopic (exact) mass is 407 g/mol. The second-order valence-electron chi connectivity index (χ2n) is 7.81. The van der Waals surface area contributed by atoms with E-state index < -0.39 is 0 Å². The Balaban J connectivity index is 1.45. The number of carbonyl (C=O) groups excluding carboxylic acids is 1. The molecule has 3 heterocycles. The van der Waals surface area contributed by atoms with Gasteiger partial charge in [-0.05, 0) is 42.8 Å². The molecule has 1 aliphatic heterocycles. The van der Waals surface area contributed by atoms with E-state index in [0.29, 0.717) is 11.4 Å². The lowest BCUT2D eigenvalue weighted by atomic mass is 10.1. The van der Waals surface area contributed by atoms with E-state index in [9.17, 15) is 4.79 Å². The summed E-state index contributed by atoms with van der Waals surface area (Å²) in [6.45, 7) is 7.58. The summed E-state index contributed by atoms with van der Waals surface area (Å²) in [6, 6.07) is 11.6. The van der Waals surface area contributed by atoms with Gasteiger partial charge in [0.05, 0.1) is 6.61 Å². The first-order valence-electron chi connectivity index (χ1n) is 10.4. The van der Waals surface area contributed by atoms with Gasteiger partial charge in [0.2, 0.25) is 0 Å². The summed E-state index contributed by atoms with van der Waals surface area (Å²) < 4.78 is 7.22. The maximum atomic E-state index is 12.8. The number of aryl methyl sites for hydroxylation is 2. The molecular weight excluding hydrogens is 378 g/mol. The van der Waals surface area contributed by atoms with Crippen LogP contribution >= 0.6 is 0 Å². The van der Waals surface area contributed by atoms with Gasteiger partial charge in [0, 0.05) is 69.5 Å². The number of hydrogen-bond donors (Lipinski definition) is 1. The lowest BCUT2D eigenvalue weighted by Crippen LogP contribution is -2.47. The zero-order valence-electron chi connectivity index (χ0n) is 17.9. The second kappa shape index (κ2) is 8.85. The number of benzene rings is 1. The first kappa shape index (κ1) is 20.4. The predicted octanol–water partition coefficient (Wildman–Crippen LogP) is 2.90.